The number of likely N-dealkylation sites (tertiary alicyclic amines) is 1. The minimum atomic E-state index is -0.946. The van der Waals surface area contributed by atoms with Crippen LogP contribution in [0.25, 0.3) is 10.9 Å². The number of likely N-dealkylation sites (N-methyl/N-ethyl adjacent to an activating group) is 1. The maximum absolute atomic E-state index is 14.1. The number of carboxylic acids is 1. The lowest BCUT2D eigenvalue weighted by molar-refractivity contribution is -0.149. The number of hydrogen-bond donors (Lipinski definition) is 2. The van der Waals surface area contributed by atoms with Crippen LogP contribution in [-0.2, 0) is 37.4 Å². The van der Waals surface area contributed by atoms with Gasteiger partial charge >= 0.3 is 11.9 Å². The second-order valence-electron chi connectivity index (χ2n) is 15.8. The van der Waals surface area contributed by atoms with E-state index in [0.717, 1.165) is 42.3 Å². The number of hydrogen-bond acceptors (Lipinski definition) is 9. The summed E-state index contributed by atoms with van der Waals surface area (Å²) in [6, 6.07) is 6.92. The second-order valence-corrected chi connectivity index (χ2v) is 16.7. The van der Waals surface area contributed by atoms with Crippen molar-refractivity contribution >= 4 is 51.8 Å². The Hall–Kier alpha value is -4.10. The summed E-state index contributed by atoms with van der Waals surface area (Å²) >= 11 is 1.19. The number of aryl methyl sites for hydroxylation is 1. The van der Waals surface area contributed by atoms with Crippen LogP contribution in [0.5, 0.6) is 0 Å². The van der Waals surface area contributed by atoms with Gasteiger partial charge in [-0.25, -0.2) is 4.98 Å². The molecule has 3 heterocycles. The summed E-state index contributed by atoms with van der Waals surface area (Å²) < 4.78 is 7.81. The van der Waals surface area contributed by atoms with Gasteiger partial charge in [0.2, 0.25) is 5.91 Å². The largest absolute Gasteiger partial charge is 0.481 e. The van der Waals surface area contributed by atoms with Crippen LogP contribution in [0.4, 0.5) is 0 Å². The fraction of sp³-hybridized carbons (Fsp3) is 0.610. The molecule has 0 saturated carbocycles. The van der Waals surface area contributed by atoms with Crippen LogP contribution in [0.2, 0.25) is 0 Å². The Morgan fingerprint density at radius 3 is 2.37 bits per heavy atom. The number of nitrogens with zero attached hydrogens (tertiary/aromatic N) is 4. The number of ketones is 1. The molecular formula is C41H59N5O7S. The average Bonchev–Trinajstić information content (AvgIpc) is 3.73. The maximum Gasteiger partial charge on any atom is 0.306 e. The smallest absolute Gasteiger partial charge is 0.306 e. The van der Waals surface area contributed by atoms with E-state index in [4.69, 9.17) is 4.74 Å². The molecule has 54 heavy (non-hydrogen) atoms. The first-order valence-corrected chi connectivity index (χ1v) is 20.0. The number of benzene rings is 1. The molecule has 1 saturated heterocycles. The van der Waals surface area contributed by atoms with E-state index >= 15 is 0 Å². The lowest BCUT2D eigenvalue weighted by Gasteiger charge is -2.37. The summed E-state index contributed by atoms with van der Waals surface area (Å²) in [7, 11) is 5.68. The second kappa shape index (κ2) is 19.0. The van der Waals surface area contributed by atoms with Gasteiger partial charge in [0.1, 0.15) is 10.7 Å². The molecule has 2 N–H and O–H groups in total. The van der Waals surface area contributed by atoms with Crippen molar-refractivity contribution in [2.75, 3.05) is 20.6 Å². The molecule has 13 heteroatoms. The highest BCUT2D eigenvalue weighted by molar-refractivity contribution is 7.09. The summed E-state index contributed by atoms with van der Waals surface area (Å²) in [6.45, 7) is 11.8. The van der Waals surface area contributed by atoms with Gasteiger partial charge < -0.3 is 24.6 Å². The molecule has 3 aromatic rings. The molecule has 0 radical (unpaired) electrons. The zero-order chi connectivity index (χ0) is 39.9. The fourth-order valence-electron chi connectivity index (χ4n) is 7.74. The minimum absolute atomic E-state index is 0.0289. The predicted molar refractivity (Wildman–Crippen MR) is 210 cm³/mol. The number of ether oxygens (including phenoxy) is 1. The molecule has 0 aliphatic carbocycles. The Bertz CT molecular complexity index is 1780. The van der Waals surface area contributed by atoms with Crippen molar-refractivity contribution in [2.24, 2.45) is 30.7 Å². The molecule has 296 valence electrons. The van der Waals surface area contributed by atoms with Gasteiger partial charge in [-0.15, -0.1) is 11.3 Å². The van der Waals surface area contributed by atoms with Gasteiger partial charge in [0.05, 0.1) is 12.0 Å². The number of esters is 1. The van der Waals surface area contributed by atoms with Gasteiger partial charge in [-0.3, -0.25) is 28.9 Å². The van der Waals surface area contributed by atoms with Gasteiger partial charge in [-0.1, -0.05) is 59.2 Å². The van der Waals surface area contributed by atoms with E-state index in [1.807, 2.05) is 76.8 Å². The van der Waals surface area contributed by atoms with Gasteiger partial charge in [0.15, 0.2) is 11.9 Å². The molecule has 1 aliphatic heterocycles. The summed E-state index contributed by atoms with van der Waals surface area (Å²) in [6.07, 6.45) is 5.12. The third-order valence-corrected chi connectivity index (χ3v) is 11.9. The monoisotopic (exact) mass is 765 g/mol. The van der Waals surface area contributed by atoms with Crippen molar-refractivity contribution in [3.8, 4) is 0 Å². The normalized spacial score (nSPS) is 17.9. The van der Waals surface area contributed by atoms with E-state index in [2.05, 4.69) is 15.2 Å². The summed E-state index contributed by atoms with van der Waals surface area (Å²) in [5.41, 5.74) is 2.17. The van der Waals surface area contributed by atoms with Crippen LogP contribution in [-0.4, -0.2) is 92.8 Å². The number of carbonyl (C=O) groups is 5. The fourth-order valence-corrected chi connectivity index (χ4v) is 8.58. The summed E-state index contributed by atoms with van der Waals surface area (Å²) in [4.78, 5) is 74.0. The van der Waals surface area contributed by atoms with Crippen molar-refractivity contribution < 1.29 is 33.8 Å². The molecule has 0 bridgehead atoms. The number of aliphatic carboxylic acids is 1. The third-order valence-electron chi connectivity index (χ3n) is 10.9. The van der Waals surface area contributed by atoms with Crippen molar-refractivity contribution in [2.45, 2.75) is 111 Å². The Balaban J connectivity index is 1.52. The molecule has 1 aliphatic rings. The molecule has 2 amide bonds. The lowest BCUT2D eigenvalue weighted by Crippen LogP contribution is -2.48. The molecule has 0 spiro atoms. The molecule has 1 fully saturated rings. The number of Topliss-reactive ketones (excluding diaryl/α,β-unsaturated/α-hetero) is 1. The van der Waals surface area contributed by atoms with Gasteiger partial charge in [-0.2, -0.15) is 0 Å². The number of thiazole rings is 1. The minimum Gasteiger partial charge on any atom is -0.481 e. The number of para-hydroxylation sites is 1. The number of fused-ring (bicyclic) bond motifs is 1. The first-order chi connectivity index (χ1) is 25.5. The highest BCUT2D eigenvalue weighted by Crippen LogP contribution is 2.32. The first-order valence-electron chi connectivity index (χ1n) is 19.2. The molecule has 12 nitrogen and oxygen atoms in total. The van der Waals surface area contributed by atoms with Crippen molar-refractivity contribution in [1.82, 2.24) is 24.7 Å². The Labute approximate surface area is 323 Å². The average molecular weight is 766 g/mol. The van der Waals surface area contributed by atoms with Crippen LogP contribution in [0.1, 0.15) is 107 Å². The van der Waals surface area contributed by atoms with Gasteiger partial charge in [0.25, 0.3) is 5.91 Å². The number of carboxylic acid groups (broad SMARTS) is 1. The first kappa shape index (κ1) is 42.6. The van der Waals surface area contributed by atoms with E-state index in [-0.39, 0.29) is 60.6 Å². The van der Waals surface area contributed by atoms with E-state index in [9.17, 15) is 29.1 Å². The quantitative estimate of drug-likeness (QED) is 0.143. The SMILES string of the molecule is CC(=O)O[C@H](C[C@H](C(C)C)N(C)C(=O)[C@@H](CC(=O)[C@H]1CCCCN1C)C(C)C)c1nc(C(=O)N[C@@H](Cc2cn(C)c3ccccc23)C[C@H](C)C(=O)O)cs1. The molecule has 2 aromatic heterocycles. The Morgan fingerprint density at radius 2 is 1.74 bits per heavy atom. The number of rotatable bonds is 18. The Morgan fingerprint density at radius 1 is 1.04 bits per heavy atom. The number of nitrogens with one attached hydrogen (secondary N) is 1. The van der Waals surface area contributed by atoms with Crippen molar-refractivity contribution in [1.29, 1.82) is 0 Å². The van der Waals surface area contributed by atoms with E-state index in [1.165, 1.54) is 18.3 Å². The molecule has 4 rings (SSSR count). The summed E-state index contributed by atoms with van der Waals surface area (Å²) in [5.74, 6) is -3.21. The summed E-state index contributed by atoms with van der Waals surface area (Å²) in [5, 5.41) is 15.8. The van der Waals surface area contributed by atoms with E-state index in [0.29, 0.717) is 11.4 Å². The predicted octanol–water partition coefficient (Wildman–Crippen LogP) is 6.28. The van der Waals surface area contributed by atoms with Crippen LogP contribution in [0.15, 0.2) is 35.8 Å². The third kappa shape index (κ3) is 10.8. The van der Waals surface area contributed by atoms with Crippen molar-refractivity contribution in [3.05, 3.63) is 52.1 Å². The molecule has 6 atom stereocenters. The van der Waals surface area contributed by atoms with E-state index < -0.39 is 41.8 Å². The number of amides is 2. The Kier molecular flexibility index (Phi) is 15.0. The number of aromatic nitrogens is 2. The zero-order valence-corrected chi connectivity index (χ0v) is 34.2. The van der Waals surface area contributed by atoms with Crippen LogP contribution < -0.4 is 5.32 Å². The maximum atomic E-state index is 14.1. The topological polar surface area (TPSA) is 151 Å². The van der Waals surface area contributed by atoms with Crippen LogP contribution in [0.3, 0.4) is 0 Å². The standard InChI is InChI=1S/C41H59N5O7S/c1-24(2)31(20-36(48)34-16-12-13-17-44(34)7)40(50)46(9)35(25(3)4)21-37(53-27(6)47)39-43-32(23-54-39)38(49)42-29(18-26(5)41(51)52)19-28-22-45(8)33-15-11-10-14-30(28)33/h10-11,14-15,22-26,29,31,34-35,37H,12-13,16-21H2,1-9H3,(H,42,49)(H,51,52)/t26-,29+,31-,34+,35+,37+/m0/s1. The lowest BCUT2D eigenvalue weighted by atomic mass is 9.84. The van der Waals surface area contributed by atoms with Crippen LogP contribution >= 0.6 is 11.3 Å². The van der Waals surface area contributed by atoms with Crippen LogP contribution in [0, 0.1) is 23.7 Å². The van der Waals surface area contributed by atoms with E-state index in [1.54, 1.807) is 24.3 Å². The van der Waals surface area contributed by atoms with Gasteiger partial charge in [-0.05, 0) is 62.7 Å². The molecular weight excluding hydrogens is 707 g/mol. The highest BCUT2D eigenvalue weighted by Gasteiger charge is 2.37. The van der Waals surface area contributed by atoms with Crippen molar-refractivity contribution in [3.63, 3.8) is 0 Å². The highest BCUT2D eigenvalue weighted by atomic mass is 32.1. The molecule has 0 unspecified atom stereocenters. The molecule has 1 aromatic carbocycles. The number of piperidine rings is 1. The number of carbonyl (C=O) groups excluding carboxylic acids is 4. The van der Waals surface area contributed by atoms with Gasteiger partial charge in [0, 0.05) is 74.3 Å². The zero-order valence-electron chi connectivity index (χ0n) is 33.3.